The summed E-state index contributed by atoms with van der Waals surface area (Å²) >= 11 is 3.49. The van der Waals surface area contributed by atoms with Gasteiger partial charge in [0.2, 0.25) is 0 Å². The fourth-order valence-electron chi connectivity index (χ4n) is 2.87. The number of imidazole rings is 1. The number of aromatic nitrogens is 4. The molecule has 1 aliphatic heterocycles. The SMILES string of the molecule is Cc1ncc2c(n1)-c1cc(Br)ccc1-n1cnc(C(=O)O)c1C2. The molecule has 0 unspecified atom stereocenters. The lowest BCUT2D eigenvalue weighted by molar-refractivity contribution is 0.0690. The minimum Gasteiger partial charge on any atom is -0.476 e. The molecule has 2 aromatic heterocycles. The molecule has 0 aliphatic carbocycles. The van der Waals surface area contributed by atoms with Gasteiger partial charge in [-0.1, -0.05) is 15.9 Å². The van der Waals surface area contributed by atoms with Crippen molar-refractivity contribution in [2.75, 3.05) is 0 Å². The van der Waals surface area contributed by atoms with Gasteiger partial charge in [-0.2, -0.15) is 0 Å². The smallest absolute Gasteiger partial charge is 0.356 e. The number of carbonyl (C=O) groups is 1. The molecule has 0 saturated heterocycles. The van der Waals surface area contributed by atoms with Crippen molar-refractivity contribution in [1.29, 1.82) is 0 Å². The maximum absolute atomic E-state index is 11.5. The van der Waals surface area contributed by atoms with Gasteiger partial charge in [-0.15, -0.1) is 0 Å². The van der Waals surface area contributed by atoms with Gasteiger partial charge in [0.15, 0.2) is 5.69 Å². The molecule has 1 aliphatic rings. The van der Waals surface area contributed by atoms with Gasteiger partial charge in [0.25, 0.3) is 0 Å². The highest BCUT2D eigenvalue weighted by molar-refractivity contribution is 9.10. The van der Waals surface area contributed by atoms with Crippen molar-refractivity contribution in [2.45, 2.75) is 13.3 Å². The summed E-state index contributed by atoms with van der Waals surface area (Å²) in [6.07, 6.45) is 3.73. The van der Waals surface area contributed by atoms with Crippen LogP contribution >= 0.6 is 15.9 Å². The molecule has 0 radical (unpaired) electrons. The minimum absolute atomic E-state index is 0.0623. The van der Waals surface area contributed by atoms with Crippen molar-refractivity contribution in [3.63, 3.8) is 0 Å². The van der Waals surface area contributed by atoms with Gasteiger partial charge in [-0.25, -0.2) is 19.7 Å². The number of fused-ring (bicyclic) bond motifs is 5. The second-order valence-electron chi connectivity index (χ2n) is 5.34. The monoisotopic (exact) mass is 370 g/mol. The summed E-state index contributed by atoms with van der Waals surface area (Å²) in [7, 11) is 0. The summed E-state index contributed by atoms with van der Waals surface area (Å²) < 4.78 is 2.75. The first kappa shape index (κ1) is 14.1. The Balaban J connectivity index is 2.10. The molecular formula is C16H11BrN4O2. The lowest BCUT2D eigenvalue weighted by Crippen LogP contribution is -2.06. The lowest BCUT2D eigenvalue weighted by atomic mass is 10.0. The van der Waals surface area contributed by atoms with Crippen LogP contribution in [0.15, 0.2) is 35.2 Å². The maximum atomic E-state index is 11.5. The summed E-state index contributed by atoms with van der Waals surface area (Å²) in [4.78, 5) is 24.4. The average Bonchev–Trinajstić information content (AvgIpc) is 2.87. The molecule has 4 rings (SSSR count). The number of hydrogen-bond donors (Lipinski definition) is 1. The van der Waals surface area contributed by atoms with E-state index in [0.717, 1.165) is 27.0 Å². The van der Waals surface area contributed by atoms with Crippen LogP contribution in [0.5, 0.6) is 0 Å². The number of rotatable bonds is 1. The summed E-state index contributed by atoms with van der Waals surface area (Å²) in [5.41, 5.74) is 4.19. The standard InChI is InChI=1S/C16H11BrN4O2/c1-8-18-6-9-4-13-15(16(22)23)19-7-21(13)12-3-2-10(17)5-11(12)14(9)20-8/h2-3,5-7H,4H2,1H3,(H,22,23). The topological polar surface area (TPSA) is 80.9 Å². The molecule has 0 amide bonds. The van der Waals surface area contributed by atoms with E-state index < -0.39 is 5.97 Å². The average molecular weight is 371 g/mol. The highest BCUT2D eigenvalue weighted by Gasteiger charge is 2.26. The fourth-order valence-corrected chi connectivity index (χ4v) is 3.24. The molecule has 1 aromatic carbocycles. The number of carboxylic acids is 1. The van der Waals surface area contributed by atoms with Crippen LogP contribution in [0.1, 0.15) is 27.6 Å². The number of aryl methyl sites for hydroxylation is 1. The van der Waals surface area contributed by atoms with E-state index in [4.69, 9.17) is 0 Å². The number of carboxylic acid groups (broad SMARTS) is 1. The highest BCUT2D eigenvalue weighted by atomic mass is 79.9. The molecule has 0 bridgehead atoms. The lowest BCUT2D eigenvalue weighted by Gasteiger charge is -2.10. The number of benzene rings is 1. The Kier molecular flexibility index (Phi) is 3.05. The predicted octanol–water partition coefficient (Wildman–Crippen LogP) is 3.00. The molecular weight excluding hydrogens is 360 g/mol. The molecule has 6 nitrogen and oxygen atoms in total. The van der Waals surface area contributed by atoms with Crippen LogP contribution in [0.25, 0.3) is 16.9 Å². The molecule has 7 heteroatoms. The van der Waals surface area contributed by atoms with E-state index in [2.05, 4.69) is 30.9 Å². The van der Waals surface area contributed by atoms with Crippen molar-refractivity contribution in [2.24, 2.45) is 0 Å². The number of hydrogen-bond acceptors (Lipinski definition) is 4. The first-order chi connectivity index (χ1) is 11.0. The van der Waals surface area contributed by atoms with Gasteiger partial charge in [-0.05, 0) is 25.1 Å². The highest BCUT2D eigenvalue weighted by Crippen LogP contribution is 2.36. The van der Waals surface area contributed by atoms with Crippen LogP contribution in [-0.2, 0) is 6.42 Å². The molecule has 0 fully saturated rings. The second-order valence-corrected chi connectivity index (χ2v) is 6.26. The van der Waals surface area contributed by atoms with Crippen molar-refractivity contribution in [3.05, 3.63) is 58.0 Å². The van der Waals surface area contributed by atoms with Crippen molar-refractivity contribution in [1.82, 2.24) is 19.5 Å². The number of halogens is 1. The minimum atomic E-state index is -1.03. The van der Waals surface area contributed by atoms with Gasteiger partial charge in [0.1, 0.15) is 12.2 Å². The molecule has 0 atom stereocenters. The number of aromatic carboxylic acids is 1. The zero-order valence-corrected chi connectivity index (χ0v) is 13.7. The fraction of sp³-hybridized carbons (Fsp3) is 0.125. The van der Waals surface area contributed by atoms with E-state index in [1.165, 1.54) is 0 Å². The van der Waals surface area contributed by atoms with E-state index in [1.807, 2.05) is 29.7 Å². The first-order valence-corrected chi connectivity index (χ1v) is 7.76. The molecule has 23 heavy (non-hydrogen) atoms. The summed E-state index contributed by atoms with van der Waals surface area (Å²) in [5.74, 6) is -0.355. The van der Waals surface area contributed by atoms with E-state index in [-0.39, 0.29) is 5.69 Å². The van der Waals surface area contributed by atoms with Crippen molar-refractivity contribution in [3.8, 4) is 16.9 Å². The van der Waals surface area contributed by atoms with Crippen LogP contribution in [0.3, 0.4) is 0 Å². The van der Waals surface area contributed by atoms with Gasteiger partial charge in [-0.3, -0.25) is 0 Å². The van der Waals surface area contributed by atoms with Gasteiger partial charge < -0.3 is 9.67 Å². The van der Waals surface area contributed by atoms with Crippen LogP contribution < -0.4 is 0 Å². The summed E-state index contributed by atoms with van der Waals surface area (Å²) in [5, 5.41) is 9.39. The second kappa shape index (κ2) is 4.99. The van der Waals surface area contributed by atoms with Gasteiger partial charge >= 0.3 is 5.97 Å². The molecule has 0 spiro atoms. The molecule has 3 aromatic rings. The number of nitrogens with zero attached hydrogens (tertiary/aromatic N) is 4. The van der Waals surface area contributed by atoms with Crippen LogP contribution in [0, 0.1) is 6.92 Å². The first-order valence-electron chi connectivity index (χ1n) is 6.97. The zero-order valence-electron chi connectivity index (χ0n) is 12.1. The summed E-state index contributed by atoms with van der Waals surface area (Å²) in [6, 6.07) is 5.83. The Morgan fingerprint density at radius 3 is 2.96 bits per heavy atom. The van der Waals surface area contributed by atoms with E-state index in [1.54, 1.807) is 12.5 Å². The van der Waals surface area contributed by atoms with E-state index >= 15 is 0 Å². The van der Waals surface area contributed by atoms with Crippen LogP contribution in [-0.4, -0.2) is 30.6 Å². The van der Waals surface area contributed by atoms with Crippen LogP contribution in [0.2, 0.25) is 0 Å². The normalized spacial score (nSPS) is 12.1. The Morgan fingerprint density at radius 1 is 1.35 bits per heavy atom. The van der Waals surface area contributed by atoms with E-state index in [0.29, 0.717) is 17.9 Å². The Morgan fingerprint density at radius 2 is 2.17 bits per heavy atom. The Hall–Kier alpha value is -2.54. The third kappa shape index (κ3) is 2.16. The van der Waals surface area contributed by atoms with Crippen molar-refractivity contribution < 1.29 is 9.90 Å². The van der Waals surface area contributed by atoms with Crippen molar-refractivity contribution >= 4 is 21.9 Å². The molecule has 1 N–H and O–H groups in total. The van der Waals surface area contributed by atoms with Crippen LogP contribution in [0.4, 0.5) is 0 Å². The largest absolute Gasteiger partial charge is 0.476 e. The van der Waals surface area contributed by atoms with E-state index in [9.17, 15) is 9.90 Å². The molecule has 0 saturated carbocycles. The molecule has 114 valence electrons. The van der Waals surface area contributed by atoms with Gasteiger partial charge in [0.05, 0.1) is 17.1 Å². The summed E-state index contributed by atoms with van der Waals surface area (Å²) in [6.45, 7) is 1.84. The third-order valence-corrected chi connectivity index (χ3v) is 4.38. The Bertz CT molecular complexity index is 965. The third-order valence-electron chi connectivity index (χ3n) is 3.89. The van der Waals surface area contributed by atoms with Gasteiger partial charge in [0, 0.05) is 28.2 Å². The molecule has 3 heterocycles. The Labute approximate surface area is 140 Å². The zero-order chi connectivity index (χ0) is 16.1. The predicted molar refractivity (Wildman–Crippen MR) is 86.8 cm³/mol. The quantitative estimate of drug-likeness (QED) is 0.556. The maximum Gasteiger partial charge on any atom is 0.356 e.